The highest BCUT2D eigenvalue weighted by Crippen LogP contribution is 2.50. The summed E-state index contributed by atoms with van der Waals surface area (Å²) in [6, 6.07) is 13.9. The SMILES string of the molecule is C(=C1CCN2c3ccccc3SC12)c1cc2c3c(c1)CCCN3CCC2.[O-][Cl+3]([O-])([O-])O. The number of nitrogens with zero attached hydrogens (tertiary/aromatic N) is 2. The van der Waals surface area contributed by atoms with Gasteiger partial charge in [-0.2, -0.15) is 14.0 Å². The molecule has 164 valence electrons. The van der Waals surface area contributed by atoms with Crippen LogP contribution in [0, 0.1) is 10.2 Å². The summed E-state index contributed by atoms with van der Waals surface area (Å²) >= 11 is 2.03. The molecule has 0 aliphatic carbocycles. The predicted molar refractivity (Wildman–Crippen MR) is 114 cm³/mol. The van der Waals surface area contributed by atoms with Gasteiger partial charge < -0.3 is 9.80 Å². The lowest BCUT2D eigenvalue weighted by Crippen LogP contribution is -2.58. The van der Waals surface area contributed by atoms with Crippen LogP contribution in [0.2, 0.25) is 0 Å². The van der Waals surface area contributed by atoms with E-state index in [9.17, 15) is 0 Å². The first-order valence-corrected chi connectivity index (χ1v) is 12.8. The van der Waals surface area contributed by atoms with E-state index in [4.69, 9.17) is 18.6 Å². The highest BCUT2D eigenvalue weighted by atomic mass is 35.7. The van der Waals surface area contributed by atoms with Crippen LogP contribution in [0.25, 0.3) is 6.08 Å². The van der Waals surface area contributed by atoms with E-state index in [2.05, 4.69) is 52.3 Å². The lowest BCUT2D eigenvalue weighted by Gasteiger charge is -2.37. The Morgan fingerprint density at radius 3 is 2.29 bits per heavy atom. The molecule has 1 saturated heterocycles. The van der Waals surface area contributed by atoms with Crippen LogP contribution in [0.4, 0.5) is 11.4 Å². The van der Waals surface area contributed by atoms with Gasteiger partial charge >= 0.3 is 0 Å². The van der Waals surface area contributed by atoms with E-state index in [1.54, 1.807) is 22.4 Å². The zero-order valence-electron chi connectivity index (χ0n) is 17.1. The molecule has 6 rings (SSSR count). The largest absolute Gasteiger partial charge is 0.371 e. The average molecular weight is 461 g/mol. The third-order valence-corrected chi connectivity index (χ3v) is 7.74. The van der Waals surface area contributed by atoms with Crippen molar-refractivity contribution in [2.75, 3.05) is 29.4 Å². The standard InChI is InChI=1S/C23H24N2S.ClHO4/c1-2-8-21-20(7-1)25-12-9-19(23(25)26-21)15-16-13-17-5-3-10-24-11-4-6-18(14-16)22(17)24;2-1(3,4)5/h1-2,7-8,13-15,23H,3-6,9-12H2;(H,2,3,4,5). The van der Waals surface area contributed by atoms with Gasteiger partial charge in [-0.25, -0.2) is 0 Å². The molecule has 0 aromatic heterocycles. The summed E-state index contributed by atoms with van der Waals surface area (Å²) in [4.78, 5) is 6.67. The van der Waals surface area contributed by atoms with E-state index in [0.717, 1.165) is 6.54 Å². The molecule has 2 aromatic rings. The number of hydrogen-bond acceptors (Lipinski definition) is 7. The van der Waals surface area contributed by atoms with Crippen molar-refractivity contribution >= 4 is 29.2 Å². The fourth-order valence-electron chi connectivity index (χ4n) is 5.26. The first-order chi connectivity index (χ1) is 14.9. The first kappa shape index (κ1) is 21.1. The normalized spacial score (nSPS) is 22.6. The zero-order valence-corrected chi connectivity index (χ0v) is 18.7. The van der Waals surface area contributed by atoms with Gasteiger partial charge in [0.1, 0.15) is 5.37 Å². The van der Waals surface area contributed by atoms with Crippen molar-refractivity contribution in [3.63, 3.8) is 0 Å². The fourth-order valence-corrected chi connectivity index (χ4v) is 6.65. The molecule has 2 aromatic carbocycles. The van der Waals surface area contributed by atoms with Crippen LogP contribution >= 0.6 is 11.8 Å². The molecule has 0 amide bonds. The molecule has 1 unspecified atom stereocenters. The molecule has 1 atom stereocenters. The van der Waals surface area contributed by atoms with Gasteiger partial charge in [0.25, 0.3) is 0 Å². The molecule has 4 heterocycles. The number of halogens is 1. The molecule has 1 N–H and O–H groups in total. The zero-order chi connectivity index (χ0) is 21.6. The molecule has 0 spiro atoms. The number of thioether (sulfide) groups is 1. The van der Waals surface area contributed by atoms with Crippen molar-refractivity contribution in [3.8, 4) is 0 Å². The van der Waals surface area contributed by atoms with Crippen molar-refractivity contribution in [1.82, 2.24) is 0 Å². The van der Waals surface area contributed by atoms with Crippen LogP contribution in [0.15, 0.2) is 46.9 Å². The second-order valence-corrected chi connectivity index (χ2v) is 10.3. The summed E-state index contributed by atoms with van der Waals surface area (Å²) in [7, 11) is -4.69. The number of hydrogen-bond donors (Lipinski definition) is 1. The molecule has 4 aliphatic heterocycles. The monoisotopic (exact) mass is 460 g/mol. The highest BCUT2D eigenvalue weighted by molar-refractivity contribution is 8.00. The fraction of sp³-hybridized carbons (Fsp3) is 0.391. The summed E-state index contributed by atoms with van der Waals surface area (Å²) in [5.74, 6) is 0. The quantitative estimate of drug-likeness (QED) is 0.677. The third kappa shape index (κ3) is 4.44. The van der Waals surface area contributed by atoms with E-state index in [-0.39, 0.29) is 0 Å². The highest BCUT2D eigenvalue weighted by Gasteiger charge is 2.37. The molecular formula is C23H25ClN2O4S. The van der Waals surface area contributed by atoms with Gasteiger partial charge in [0.2, 0.25) is 0 Å². The Bertz CT molecular complexity index is 986. The number of aryl methyl sites for hydroxylation is 2. The van der Waals surface area contributed by atoms with E-state index >= 15 is 0 Å². The maximum absolute atomic E-state index is 8.60. The Balaban J connectivity index is 0.000000371. The molecule has 6 nitrogen and oxygen atoms in total. The summed E-state index contributed by atoms with van der Waals surface area (Å²) in [5, 5.41) is 0.510. The minimum atomic E-state index is -4.69. The Morgan fingerprint density at radius 1 is 0.968 bits per heavy atom. The first-order valence-electron chi connectivity index (χ1n) is 10.6. The van der Waals surface area contributed by atoms with Crippen LogP contribution in [0.3, 0.4) is 0 Å². The van der Waals surface area contributed by atoms with E-state index in [1.165, 1.54) is 61.3 Å². The average Bonchev–Trinajstić information content (AvgIpc) is 3.27. The second-order valence-electron chi connectivity index (χ2n) is 8.38. The summed E-state index contributed by atoms with van der Waals surface area (Å²) < 4.78 is 32.7. The molecule has 0 saturated carbocycles. The van der Waals surface area contributed by atoms with Gasteiger partial charge in [-0.05, 0) is 78.6 Å². The van der Waals surface area contributed by atoms with Gasteiger partial charge in [0.05, 0.1) is 20.6 Å². The molecule has 4 aliphatic rings. The molecular weight excluding hydrogens is 436 g/mol. The van der Waals surface area contributed by atoms with Gasteiger partial charge in [-0.1, -0.05) is 30.0 Å². The summed E-state index contributed by atoms with van der Waals surface area (Å²) in [6.07, 6.45) is 8.84. The summed E-state index contributed by atoms with van der Waals surface area (Å²) in [5.41, 5.74) is 9.25. The molecule has 8 heteroatoms. The van der Waals surface area contributed by atoms with Crippen molar-refractivity contribution in [2.24, 2.45) is 0 Å². The maximum atomic E-state index is 8.60. The van der Waals surface area contributed by atoms with Gasteiger partial charge in [-0.15, -0.1) is 0 Å². The van der Waals surface area contributed by atoms with Crippen molar-refractivity contribution in [3.05, 3.63) is 58.7 Å². The number of anilines is 2. The number of para-hydroxylation sites is 1. The Hall–Kier alpha value is -1.74. The Morgan fingerprint density at radius 2 is 1.61 bits per heavy atom. The van der Waals surface area contributed by atoms with Crippen LogP contribution in [0.1, 0.15) is 36.0 Å². The minimum Gasteiger partial charge on any atom is -0.371 e. The van der Waals surface area contributed by atoms with Crippen molar-refractivity contribution in [1.29, 1.82) is 0 Å². The van der Waals surface area contributed by atoms with Crippen LogP contribution in [-0.2, 0) is 12.8 Å². The Kier molecular flexibility index (Phi) is 5.66. The van der Waals surface area contributed by atoms with Crippen LogP contribution in [-0.4, -0.2) is 29.7 Å². The van der Waals surface area contributed by atoms with Crippen LogP contribution in [0.5, 0.6) is 0 Å². The van der Waals surface area contributed by atoms with Gasteiger partial charge in [0, 0.05) is 30.2 Å². The lowest BCUT2D eigenvalue weighted by atomic mass is 9.89. The van der Waals surface area contributed by atoms with E-state index < -0.39 is 10.2 Å². The second kappa shape index (κ2) is 8.31. The predicted octanol–water partition coefficient (Wildman–Crippen LogP) is 0.987. The van der Waals surface area contributed by atoms with Gasteiger partial charge in [-0.3, -0.25) is 0 Å². The maximum Gasteiger partial charge on any atom is 0.102 e. The minimum absolute atomic E-state index is 0.510. The third-order valence-electron chi connectivity index (χ3n) is 6.36. The van der Waals surface area contributed by atoms with Gasteiger partial charge in [0.15, 0.2) is 0 Å². The lowest BCUT2D eigenvalue weighted by molar-refractivity contribution is -1.92. The molecule has 31 heavy (non-hydrogen) atoms. The number of benzene rings is 2. The van der Waals surface area contributed by atoms with E-state index in [1.807, 2.05) is 11.8 Å². The summed E-state index contributed by atoms with van der Waals surface area (Å²) in [6.45, 7) is 3.67. The van der Waals surface area contributed by atoms with Crippen molar-refractivity contribution in [2.45, 2.75) is 42.4 Å². The van der Waals surface area contributed by atoms with Crippen molar-refractivity contribution < 1.29 is 28.9 Å². The molecule has 1 fully saturated rings. The number of rotatable bonds is 1. The van der Waals surface area contributed by atoms with Crippen LogP contribution < -0.4 is 23.8 Å². The smallest absolute Gasteiger partial charge is 0.102 e. The molecule has 0 radical (unpaired) electrons. The molecule has 0 bridgehead atoms. The number of fused-ring (bicyclic) bond motifs is 3. The Labute approximate surface area is 188 Å². The topological polar surface area (TPSA) is 95.9 Å². The van der Waals surface area contributed by atoms with E-state index in [0.29, 0.717) is 5.37 Å².